The number of halogens is 1. The molecule has 0 unspecified atom stereocenters. The summed E-state index contributed by atoms with van der Waals surface area (Å²) in [6.07, 6.45) is 0. The first-order valence-corrected chi connectivity index (χ1v) is 7.03. The first-order valence-electron chi connectivity index (χ1n) is 7.03. The monoisotopic (exact) mass is 296 g/mol. The van der Waals surface area contributed by atoms with Crippen molar-refractivity contribution in [2.75, 3.05) is 5.73 Å². The molecule has 0 fully saturated rings. The van der Waals surface area contributed by atoms with Crippen molar-refractivity contribution in [2.45, 2.75) is 20.8 Å². The molecule has 0 bridgehead atoms. The van der Waals surface area contributed by atoms with Crippen LogP contribution in [-0.2, 0) is 0 Å². The highest BCUT2D eigenvalue weighted by molar-refractivity contribution is 5.72. The third-order valence-corrected chi connectivity index (χ3v) is 3.79. The molecule has 3 aromatic rings. The van der Waals surface area contributed by atoms with Crippen LogP contribution in [0.25, 0.3) is 16.9 Å². The number of benzene rings is 2. The Labute approximate surface area is 128 Å². The van der Waals surface area contributed by atoms with Crippen molar-refractivity contribution in [1.82, 2.24) is 15.0 Å². The van der Waals surface area contributed by atoms with Gasteiger partial charge in [-0.25, -0.2) is 4.39 Å². The summed E-state index contributed by atoms with van der Waals surface area (Å²) in [6, 6.07) is 10.8. The van der Waals surface area contributed by atoms with Crippen molar-refractivity contribution < 1.29 is 4.39 Å². The van der Waals surface area contributed by atoms with E-state index in [4.69, 9.17) is 5.73 Å². The molecule has 0 radical (unpaired) electrons. The number of nitrogen functional groups attached to an aromatic ring is 1. The Morgan fingerprint density at radius 1 is 1.00 bits per heavy atom. The number of aromatic nitrogens is 3. The van der Waals surface area contributed by atoms with Crippen LogP contribution >= 0.6 is 0 Å². The lowest BCUT2D eigenvalue weighted by atomic mass is 10.1. The Morgan fingerprint density at radius 3 is 2.32 bits per heavy atom. The van der Waals surface area contributed by atoms with Gasteiger partial charge in [0.2, 0.25) is 0 Å². The summed E-state index contributed by atoms with van der Waals surface area (Å²) >= 11 is 0. The molecule has 0 saturated carbocycles. The maximum absolute atomic E-state index is 13.4. The number of para-hydroxylation sites is 1. The zero-order chi connectivity index (χ0) is 15.9. The highest BCUT2D eigenvalue weighted by Gasteiger charge is 2.16. The number of aryl methyl sites for hydroxylation is 3. The van der Waals surface area contributed by atoms with E-state index in [0.717, 1.165) is 22.4 Å². The second kappa shape index (κ2) is 5.26. The van der Waals surface area contributed by atoms with E-state index in [-0.39, 0.29) is 5.82 Å². The minimum absolute atomic E-state index is 0.246. The maximum atomic E-state index is 13.4. The molecule has 0 amide bonds. The summed E-state index contributed by atoms with van der Waals surface area (Å²) in [6.45, 7) is 5.72. The van der Waals surface area contributed by atoms with E-state index in [1.807, 2.05) is 32.0 Å². The fraction of sp³-hybridized carbons (Fsp3) is 0.176. The third kappa shape index (κ3) is 2.24. The van der Waals surface area contributed by atoms with Crippen LogP contribution in [0.4, 0.5) is 10.2 Å². The second-order valence-electron chi connectivity index (χ2n) is 5.44. The molecule has 3 rings (SSSR count). The zero-order valence-corrected chi connectivity index (χ0v) is 12.8. The molecular formula is C17H17FN4. The van der Waals surface area contributed by atoms with Crippen LogP contribution in [0.5, 0.6) is 0 Å². The number of anilines is 1. The Morgan fingerprint density at radius 2 is 1.68 bits per heavy atom. The number of rotatable bonds is 2. The quantitative estimate of drug-likeness (QED) is 0.786. The first kappa shape index (κ1) is 14.3. The van der Waals surface area contributed by atoms with Gasteiger partial charge in [0.05, 0.1) is 5.69 Å². The number of nitrogens with zero attached hydrogens (tertiary/aromatic N) is 3. The van der Waals surface area contributed by atoms with E-state index < -0.39 is 0 Å². The van der Waals surface area contributed by atoms with Crippen LogP contribution in [-0.4, -0.2) is 15.0 Å². The van der Waals surface area contributed by atoms with Gasteiger partial charge in [-0.1, -0.05) is 23.4 Å². The average Bonchev–Trinajstić information content (AvgIpc) is 2.84. The molecule has 0 aliphatic heterocycles. The molecular weight excluding hydrogens is 279 g/mol. The van der Waals surface area contributed by atoms with Gasteiger partial charge in [-0.15, -0.1) is 5.10 Å². The highest BCUT2D eigenvalue weighted by atomic mass is 19.1. The summed E-state index contributed by atoms with van der Waals surface area (Å²) in [7, 11) is 0. The molecule has 0 saturated heterocycles. The molecule has 112 valence electrons. The van der Waals surface area contributed by atoms with Gasteiger partial charge < -0.3 is 5.73 Å². The van der Waals surface area contributed by atoms with Crippen molar-refractivity contribution in [3.63, 3.8) is 0 Å². The Bertz CT molecular complexity index is 832. The molecule has 1 aromatic heterocycles. The molecule has 0 spiro atoms. The molecule has 2 aromatic carbocycles. The molecule has 5 heteroatoms. The third-order valence-electron chi connectivity index (χ3n) is 3.79. The van der Waals surface area contributed by atoms with Crippen LogP contribution in [0.1, 0.15) is 16.7 Å². The standard InChI is InChI=1S/C17H17FN4/c1-10-5-4-6-11(2)16(10)22-17(19)15(20-21-22)13-7-8-14(18)12(3)9-13/h4-9H,19H2,1-3H3. The smallest absolute Gasteiger partial charge is 0.155 e. The molecule has 22 heavy (non-hydrogen) atoms. The van der Waals surface area contributed by atoms with Gasteiger partial charge in [0, 0.05) is 5.56 Å². The molecule has 0 atom stereocenters. The van der Waals surface area contributed by atoms with Gasteiger partial charge in [0.15, 0.2) is 5.82 Å². The fourth-order valence-corrected chi connectivity index (χ4v) is 2.59. The summed E-state index contributed by atoms with van der Waals surface area (Å²) in [5.74, 6) is 0.202. The molecule has 4 nitrogen and oxygen atoms in total. The van der Waals surface area contributed by atoms with E-state index in [0.29, 0.717) is 17.1 Å². The van der Waals surface area contributed by atoms with Gasteiger partial charge in [-0.05, 0) is 55.7 Å². The summed E-state index contributed by atoms with van der Waals surface area (Å²) in [5, 5.41) is 8.36. The van der Waals surface area contributed by atoms with Crippen LogP contribution in [0, 0.1) is 26.6 Å². The lowest BCUT2D eigenvalue weighted by molar-refractivity contribution is 0.619. The number of nitrogens with two attached hydrogens (primary N) is 1. The second-order valence-corrected chi connectivity index (χ2v) is 5.44. The van der Waals surface area contributed by atoms with Gasteiger partial charge in [-0.3, -0.25) is 0 Å². The van der Waals surface area contributed by atoms with E-state index in [9.17, 15) is 4.39 Å². The lowest BCUT2D eigenvalue weighted by Gasteiger charge is -2.10. The van der Waals surface area contributed by atoms with Gasteiger partial charge in [0.1, 0.15) is 11.5 Å². The van der Waals surface area contributed by atoms with Gasteiger partial charge in [0.25, 0.3) is 0 Å². The van der Waals surface area contributed by atoms with Crippen LogP contribution < -0.4 is 5.73 Å². The SMILES string of the molecule is Cc1cc(-c2nnn(-c3c(C)cccc3C)c2N)ccc1F. The largest absolute Gasteiger partial charge is 0.382 e. The predicted octanol–water partition coefficient (Wildman–Crippen LogP) is 3.58. The lowest BCUT2D eigenvalue weighted by Crippen LogP contribution is -2.06. The zero-order valence-electron chi connectivity index (χ0n) is 12.8. The van der Waals surface area contributed by atoms with Crippen LogP contribution in [0.2, 0.25) is 0 Å². The summed E-state index contributed by atoms with van der Waals surface area (Å²) < 4.78 is 15.1. The Hall–Kier alpha value is -2.69. The topological polar surface area (TPSA) is 56.7 Å². The van der Waals surface area contributed by atoms with Crippen molar-refractivity contribution in [3.8, 4) is 16.9 Å². The van der Waals surface area contributed by atoms with Crippen molar-refractivity contribution in [2.24, 2.45) is 0 Å². The molecule has 2 N–H and O–H groups in total. The number of hydrogen-bond acceptors (Lipinski definition) is 3. The highest BCUT2D eigenvalue weighted by Crippen LogP contribution is 2.28. The van der Waals surface area contributed by atoms with Crippen molar-refractivity contribution in [1.29, 1.82) is 0 Å². The summed E-state index contributed by atoms with van der Waals surface area (Å²) in [4.78, 5) is 0. The van der Waals surface area contributed by atoms with E-state index >= 15 is 0 Å². The summed E-state index contributed by atoms with van der Waals surface area (Å²) in [5.41, 5.74) is 11.2. The van der Waals surface area contributed by atoms with E-state index in [1.54, 1.807) is 23.7 Å². The number of hydrogen-bond donors (Lipinski definition) is 1. The van der Waals surface area contributed by atoms with Gasteiger partial charge >= 0.3 is 0 Å². The normalized spacial score (nSPS) is 10.9. The van der Waals surface area contributed by atoms with Crippen LogP contribution in [0.3, 0.4) is 0 Å². The molecule has 0 aliphatic rings. The Balaban J connectivity index is 2.15. The maximum Gasteiger partial charge on any atom is 0.155 e. The predicted molar refractivity (Wildman–Crippen MR) is 85.4 cm³/mol. The first-order chi connectivity index (χ1) is 10.5. The molecule has 1 heterocycles. The fourth-order valence-electron chi connectivity index (χ4n) is 2.59. The van der Waals surface area contributed by atoms with Crippen molar-refractivity contribution >= 4 is 5.82 Å². The minimum atomic E-state index is -0.246. The van der Waals surface area contributed by atoms with E-state index in [2.05, 4.69) is 10.3 Å². The van der Waals surface area contributed by atoms with Crippen molar-refractivity contribution in [3.05, 3.63) is 58.9 Å². The van der Waals surface area contributed by atoms with Crippen LogP contribution in [0.15, 0.2) is 36.4 Å². The van der Waals surface area contributed by atoms with Gasteiger partial charge in [-0.2, -0.15) is 4.68 Å². The van der Waals surface area contributed by atoms with E-state index in [1.165, 1.54) is 6.07 Å². The molecule has 0 aliphatic carbocycles. The minimum Gasteiger partial charge on any atom is -0.382 e. The Kier molecular flexibility index (Phi) is 3.41. The average molecular weight is 296 g/mol.